The zero-order chi connectivity index (χ0) is 18.4. The van der Waals surface area contributed by atoms with Crippen molar-refractivity contribution in [1.29, 1.82) is 0 Å². The Kier molecular flexibility index (Phi) is 6.41. The monoisotopic (exact) mass is 426 g/mol. The third-order valence-electron chi connectivity index (χ3n) is 3.62. The number of allylic oxidation sites excluding steroid dienone is 1. The summed E-state index contributed by atoms with van der Waals surface area (Å²) in [5.41, 5.74) is 3.45. The molecule has 0 radical (unpaired) electrons. The molecule has 6 heteroatoms. The smallest absolute Gasteiger partial charge is 0.192 e. The maximum Gasteiger partial charge on any atom is 0.212 e. The molecule has 1 aromatic heterocycles. The van der Waals surface area contributed by atoms with E-state index in [4.69, 9.17) is 0 Å². The Balaban J connectivity index is 1.71. The molecular weight excluding hydrogens is 408 g/mol. The maximum atomic E-state index is 4.56. The van der Waals surface area contributed by atoms with Crippen LogP contribution in [-0.2, 0) is 5.75 Å². The van der Waals surface area contributed by atoms with Gasteiger partial charge in [0.15, 0.2) is 5.82 Å². The summed E-state index contributed by atoms with van der Waals surface area (Å²) in [5.74, 6) is 1.59. The molecule has 1 heterocycles. The van der Waals surface area contributed by atoms with Gasteiger partial charge in [-0.3, -0.25) is 0 Å². The Morgan fingerprint density at radius 3 is 2.58 bits per heavy atom. The molecular formula is C20H19BrN4S. The summed E-state index contributed by atoms with van der Waals surface area (Å²) < 4.78 is 2.86. The quantitative estimate of drug-likeness (QED) is 0.381. The molecule has 132 valence electrons. The fourth-order valence-corrected chi connectivity index (χ4v) is 3.44. The van der Waals surface area contributed by atoms with Crippen molar-refractivity contribution < 1.29 is 0 Å². The predicted octanol–water partition coefficient (Wildman–Crippen LogP) is 5.58. The standard InChI is InChI=1S/C20H19BrN4S/c1-15(12-17-6-4-3-5-7-17)13-22-25-16(2)23-24-20(25)26-14-18-8-10-19(21)11-9-18/h3-13H,14H2,1-2H3/b15-12-,22-13+. The molecule has 0 aliphatic rings. The second kappa shape index (κ2) is 8.96. The molecule has 0 bridgehead atoms. The number of hydrogen-bond acceptors (Lipinski definition) is 4. The van der Waals surface area contributed by atoms with E-state index in [1.807, 2.05) is 50.4 Å². The third-order valence-corrected chi connectivity index (χ3v) is 5.14. The lowest BCUT2D eigenvalue weighted by atomic mass is 10.1. The first-order valence-electron chi connectivity index (χ1n) is 8.19. The number of aryl methyl sites for hydroxylation is 1. The molecule has 0 aliphatic carbocycles. The molecule has 0 N–H and O–H groups in total. The van der Waals surface area contributed by atoms with E-state index in [0.29, 0.717) is 0 Å². The van der Waals surface area contributed by atoms with Crippen LogP contribution >= 0.6 is 27.7 Å². The number of thioether (sulfide) groups is 1. The summed E-state index contributed by atoms with van der Waals surface area (Å²) in [6, 6.07) is 18.5. The Morgan fingerprint density at radius 2 is 1.85 bits per heavy atom. The molecule has 0 amide bonds. The Hall–Kier alpha value is -2.18. The van der Waals surface area contributed by atoms with Gasteiger partial charge in [0, 0.05) is 10.2 Å². The Bertz CT molecular complexity index is 915. The summed E-state index contributed by atoms with van der Waals surface area (Å²) >= 11 is 5.08. The van der Waals surface area contributed by atoms with Gasteiger partial charge >= 0.3 is 0 Å². The van der Waals surface area contributed by atoms with E-state index in [1.54, 1.807) is 16.4 Å². The summed E-state index contributed by atoms with van der Waals surface area (Å²) in [6.07, 6.45) is 3.94. The van der Waals surface area contributed by atoms with Crippen molar-refractivity contribution in [3.8, 4) is 0 Å². The van der Waals surface area contributed by atoms with Crippen molar-refractivity contribution in [2.75, 3.05) is 0 Å². The minimum Gasteiger partial charge on any atom is -0.192 e. The predicted molar refractivity (Wildman–Crippen MR) is 112 cm³/mol. The minimum atomic E-state index is 0.770. The van der Waals surface area contributed by atoms with E-state index in [0.717, 1.165) is 32.3 Å². The van der Waals surface area contributed by atoms with Crippen LogP contribution in [0.4, 0.5) is 0 Å². The fourth-order valence-electron chi connectivity index (χ4n) is 2.29. The molecule has 0 unspecified atom stereocenters. The number of aromatic nitrogens is 3. The fraction of sp³-hybridized carbons (Fsp3) is 0.150. The first-order chi connectivity index (χ1) is 12.6. The molecule has 0 spiro atoms. The van der Waals surface area contributed by atoms with E-state index < -0.39 is 0 Å². The summed E-state index contributed by atoms with van der Waals surface area (Å²) in [4.78, 5) is 0. The van der Waals surface area contributed by atoms with Gasteiger partial charge in [0.05, 0.1) is 6.21 Å². The number of rotatable bonds is 6. The Morgan fingerprint density at radius 1 is 1.12 bits per heavy atom. The van der Waals surface area contributed by atoms with Gasteiger partial charge in [0.1, 0.15) is 0 Å². The van der Waals surface area contributed by atoms with Crippen LogP contribution in [0.15, 0.2) is 74.9 Å². The van der Waals surface area contributed by atoms with Crippen LogP contribution in [0.2, 0.25) is 0 Å². The molecule has 0 aliphatic heterocycles. The van der Waals surface area contributed by atoms with Crippen LogP contribution < -0.4 is 0 Å². The van der Waals surface area contributed by atoms with Crippen LogP contribution in [0.1, 0.15) is 23.9 Å². The molecule has 4 nitrogen and oxygen atoms in total. The van der Waals surface area contributed by atoms with E-state index in [-0.39, 0.29) is 0 Å². The normalized spacial score (nSPS) is 12.0. The van der Waals surface area contributed by atoms with Crippen LogP contribution in [0.3, 0.4) is 0 Å². The minimum absolute atomic E-state index is 0.770. The molecule has 0 saturated heterocycles. The van der Waals surface area contributed by atoms with Gasteiger partial charge in [-0.2, -0.15) is 9.78 Å². The van der Waals surface area contributed by atoms with Crippen molar-refractivity contribution in [3.63, 3.8) is 0 Å². The molecule has 0 fully saturated rings. The highest BCUT2D eigenvalue weighted by Gasteiger charge is 2.08. The zero-order valence-corrected chi connectivity index (χ0v) is 17.0. The van der Waals surface area contributed by atoms with Gasteiger partial charge in [-0.15, -0.1) is 10.2 Å². The van der Waals surface area contributed by atoms with Gasteiger partial charge in [-0.05, 0) is 42.7 Å². The lowest BCUT2D eigenvalue weighted by Gasteiger charge is -2.03. The topological polar surface area (TPSA) is 43.1 Å². The average Bonchev–Trinajstić information content (AvgIpc) is 3.00. The largest absolute Gasteiger partial charge is 0.212 e. The van der Waals surface area contributed by atoms with Crippen LogP contribution in [0.5, 0.6) is 0 Å². The van der Waals surface area contributed by atoms with Gasteiger partial charge in [0.2, 0.25) is 5.16 Å². The van der Waals surface area contributed by atoms with Crippen molar-refractivity contribution in [1.82, 2.24) is 14.9 Å². The van der Waals surface area contributed by atoms with Crippen molar-refractivity contribution in [2.24, 2.45) is 5.10 Å². The Labute approximate surface area is 166 Å². The highest BCUT2D eigenvalue weighted by atomic mass is 79.9. The van der Waals surface area contributed by atoms with Crippen molar-refractivity contribution >= 4 is 40.0 Å². The highest BCUT2D eigenvalue weighted by Crippen LogP contribution is 2.22. The van der Waals surface area contributed by atoms with Gasteiger partial charge in [-0.25, -0.2) is 0 Å². The zero-order valence-electron chi connectivity index (χ0n) is 14.6. The first-order valence-corrected chi connectivity index (χ1v) is 9.96. The summed E-state index contributed by atoms with van der Waals surface area (Å²) in [6.45, 7) is 3.94. The molecule has 3 rings (SSSR count). The first kappa shape index (κ1) is 18.6. The van der Waals surface area contributed by atoms with Crippen LogP contribution in [0.25, 0.3) is 6.08 Å². The maximum absolute atomic E-state index is 4.56. The number of benzene rings is 2. The van der Waals surface area contributed by atoms with Gasteiger partial charge < -0.3 is 0 Å². The van der Waals surface area contributed by atoms with E-state index in [2.05, 4.69) is 61.6 Å². The second-order valence-corrected chi connectivity index (χ2v) is 7.66. The lowest BCUT2D eigenvalue weighted by Crippen LogP contribution is -1.96. The SMILES string of the molecule is CC(=C/c1ccccc1)/C=N/n1c(C)nnc1SCc1ccc(Br)cc1. The van der Waals surface area contributed by atoms with E-state index in [1.165, 1.54) is 5.56 Å². The molecule has 3 aromatic rings. The van der Waals surface area contributed by atoms with Gasteiger partial charge in [-0.1, -0.05) is 76.2 Å². The van der Waals surface area contributed by atoms with Crippen LogP contribution in [0, 0.1) is 6.92 Å². The molecule has 0 atom stereocenters. The summed E-state index contributed by atoms with van der Waals surface area (Å²) in [5, 5.41) is 13.7. The lowest BCUT2D eigenvalue weighted by molar-refractivity contribution is 0.744. The average molecular weight is 427 g/mol. The highest BCUT2D eigenvalue weighted by molar-refractivity contribution is 9.10. The van der Waals surface area contributed by atoms with Crippen molar-refractivity contribution in [3.05, 3.63) is 81.6 Å². The molecule has 2 aromatic carbocycles. The molecule has 26 heavy (non-hydrogen) atoms. The molecule has 0 saturated carbocycles. The third kappa shape index (κ3) is 5.16. The van der Waals surface area contributed by atoms with Gasteiger partial charge in [0.25, 0.3) is 0 Å². The van der Waals surface area contributed by atoms with E-state index >= 15 is 0 Å². The number of nitrogens with zero attached hydrogens (tertiary/aromatic N) is 4. The number of hydrogen-bond donors (Lipinski definition) is 0. The summed E-state index contributed by atoms with van der Waals surface area (Å²) in [7, 11) is 0. The number of halogens is 1. The second-order valence-electron chi connectivity index (χ2n) is 5.80. The van der Waals surface area contributed by atoms with E-state index in [9.17, 15) is 0 Å². The van der Waals surface area contributed by atoms with Crippen LogP contribution in [-0.4, -0.2) is 21.1 Å². The van der Waals surface area contributed by atoms with Crippen molar-refractivity contribution in [2.45, 2.75) is 24.8 Å².